The number of nitrogens with zero attached hydrogens (tertiary/aromatic N) is 3. The molecule has 7 nitrogen and oxygen atoms in total. The molecule has 0 aliphatic rings. The van der Waals surface area contributed by atoms with Gasteiger partial charge < -0.3 is 5.32 Å². The molecule has 0 atom stereocenters. The highest BCUT2D eigenvalue weighted by atomic mass is 16.2. The molecule has 2 heterocycles. The van der Waals surface area contributed by atoms with Gasteiger partial charge in [0.25, 0.3) is 5.56 Å². The summed E-state index contributed by atoms with van der Waals surface area (Å²) in [6.45, 7) is 7.80. The summed E-state index contributed by atoms with van der Waals surface area (Å²) in [5.41, 5.74) is 1.25. The van der Waals surface area contributed by atoms with Crippen molar-refractivity contribution < 1.29 is 4.79 Å². The molecule has 3 aromatic rings. The normalized spacial score (nSPS) is 11.7. The summed E-state index contributed by atoms with van der Waals surface area (Å²) in [5, 5.41) is 15.3. The fourth-order valence-corrected chi connectivity index (χ4v) is 2.60. The lowest BCUT2D eigenvalue weighted by Gasteiger charge is -2.14. The zero-order chi connectivity index (χ0) is 18.2. The third-order valence-electron chi connectivity index (χ3n) is 4.00. The van der Waals surface area contributed by atoms with Crippen LogP contribution in [-0.4, -0.2) is 25.9 Å². The molecule has 7 heteroatoms. The first-order valence-corrected chi connectivity index (χ1v) is 8.08. The Bertz CT molecular complexity index is 995. The van der Waals surface area contributed by atoms with Crippen LogP contribution < -0.4 is 10.9 Å². The summed E-state index contributed by atoms with van der Waals surface area (Å²) < 4.78 is 1.18. The van der Waals surface area contributed by atoms with Crippen molar-refractivity contribution in [3.8, 4) is 0 Å². The van der Waals surface area contributed by atoms with Crippen LogP contribution in [0.25, 0.3) is 10.8 Å². The summed E-state index contributed by atoms with van der Waals surface area (Å²) >= 11 is 0. The van der Waals surface area contributed by atoms with Crippen LogP contribution in [0.3, 0.4) is 0 Å². The number of rotatable bonds is 3. The number of aryl methyl sites for hydroxylation is 1. The molecule has 1 amide bonds. The monoisotopic (exact) mass is 339 g/mol. The summed E-state index contributed by atoms with van der Waals surface area (Å²) in [5.74, 6) is 0.0803. The van der Waals surface area contributed by atoms with Crippen LogP contribution in [0.5, 0.6) is 0 Å². The topological polar surface area (TPSA) is 92.7 Å². The third kappa shape index (κ3) is 3.45. The predicted octanol–water partition coefficient (Wildman–Crippen LogP) is 2.36. The highest BCUT2D eigenvalue weighted by Crippen LogP contribution is 2.21. The van der Waals surface area contributed by atoms with Crippen molar-refractivity contribution in [1.29, 1.82) is 0 Å². The van der Waals surface area contributed by atoms with Crippen LogP contribution in [0.15, 0.2) is 35.1 Å². The minimum Gasteiger partial charge on any atom is -0.308 e. The van der Waals surface area contributed by atoms with Gasteiger partial charge in [0.15, 0.2) is 5.82 Å². The fourth-order valence-electron chi connectivity index (χ4n) is 2.60. The number of benzene rings is 1. The third-order valence-corrected chi connectivity index (χ3v) is 4.00. The van der Waals surface area contributed by atoms with E-state index in [0.717, 1.165) is 11.1 Å². The van der Waals surface area contributed by atoms with Crippen molar-refractivity contribution in [2.45, 2.75) is 39.7 Å². The average molecular weight is 339 g/mol. The summed E-state index contributed by atoms with van der Waals surface area (Å²) in [6.07, 6.45) is 0. The van der Waals surface area contributed by atoms with Crippen LogP contribution >= 0.6 is 0 Å². The average Bonchev–Trinajstić information content (AvgIpc) is 3.01. The second-order valence-corrected chi connectivity index (χ2v) is 7.06. The standard InChI is InChI=1S/C18H21N5O2/c1-11-12-7-5-6-8-13(12)17(25)23(22-11)10-16(24)19-15-9-14(20-21-15)18(2,3)4/h5-9H,10H2,1-4H3,(H2,19,20,21,24). The molecule has 0 saturated carbocycles. The van der Waals surface area contributed by atoms with Gasteiger partial charge in [0.2, 0.25) is 5.91 Å². The lowest BCUT2D eigenvalue weighted by atomic mass is 9.92. The SMILES string of the molecule is Cc1nn(CC(=O)Nc2cc(C(C)(C)C)[nH]n2)c(=O)c2ccccc12. The first-order chi connectivity index (χ1) is 11.8. The highest BCUT2D eigenvalue weighted by Gasteiger charge is 2.18. The maximum atomic E-state index is 12.5. The number of H-pyrrole nitrogens is 1. The molecule has 0 bridgehead atoms. The maximum absolute atomic E-state index is 12.5. The van der Waals surface area contributed by atoms with Gasteiger partial charge in [-0.15, -0.1) is 0 Å². The molecule has 25 heavy (non-hydrogen) atoms. The number of hydrogen-bond acceptors (Lipinski definition) is 4. The maximum Gasteiger partial charge on any atom is 0.275 e. The predicted molar refractivity (Wildman–Crippen MR) is 96.7 cm³/mol. The minimum absolute atomic E-state index is 0.0933. The van der Waals surface area contributed by atoms with Crippen LogP contribution in [0.2, 0.25) is 0 Å². The van der Waals surface area contributed by atoms with Gasteiger partial charge in [-0.2, -0.15) is 10.2 Å². The van der Waals surface area contributed by atoms with E-state index in [2.05, 4.69) is 20.6 Å². The van der Waals surface area contributed by atoms with E-state index in [4.69, 9.17) is 0 Å². The first kappa shape index (κ1) is 16.9. The van der Waals surface area contributed by atoms with E-state index >= 15 is 0 Å². The van der Waals surface area contributed by atoms with E-state index in [1.807, 2.05) is 39.8 Å². The highest BCUT2D eigenvalue weighted by molar-refractivity contribution is 5.90. The Morgan fingerprint density at radius 1 is 1.24 bits per heavy atom. The van der Waals surface area contributed by atoms with Crippen molar-refractivity contribution in [1.82, 2.24) is 20.0 Å². The largest absolute Gasteiger partial charge is 0.308 e. The Labute approximate surface area is 145 Å². The Morgan fingerprint density at radius 3 is 2.56 bits per heavy atom. The van der Waals surface area contributed by atoms with Gasteiger partial charge in [-0.3, -0.25) is 14.7 Å². The van der Waals surface area contributed by atoms with Crippen LogP contribution in [-0.2, 0) is 16.8 Å². The van der Waals surface area contributed by atoms with Gasteiger partial charge in [0.1, 0.15) is 6.54 Å². The zero-order valence-corrected chi connectivity index (χ0v) is 14.8. The number of carbonyl (C=O) groups is 1. The molecule has 130 valence electrons. The Morgan fingerprint density at radius 2 is 1.92 bits per heavy atom. The second-order valence-electron chi connectivity index (χ2n) is 7.06. The number of carbonyl (C=O) groups excluding carboxylic acids is 1. The van der Waals surface area contributed by atoms with Gasteiger partial charge in [-0.05, 0) is 13.0 Å². The van der Waals surface area contributed by atoms with E-state index < -0.39 is 0 Å². The fraction of sp³-hybridized carbons (Fsp3) is 0.333. The molecule has 0 aliphatic carbocycles. The van der Waals surface area contributed by atoms with Crippen molar-refractivity contribution in [2.75, 3.05) is 5.32 Å². The van der Waals surface area contributed by atoms with Gasteiger partial charge in [0.05, 0.1) is 11.1 Å². The molecule has 2 N–H and O–H groups in total. The number of aromatic nitrogens is 4. The Kier molecular flexibility index (Phi) is 4.16. The van der Waals surface area contributed by atoms with Gasteiger partial charge in [0, 0.05) is 22.6 Å². The number of nitrogens with one attached hydrogen (secondary N) is 2. The van der Waals surface area contributed by atoms with E-state index in [1.54, 1.807) is 18.2 Å². The number of aromatic amines is 1. The van der Waals surface area contributed by atoms with Crippen molar-refractivity contribution in [2.24, 2.45) is 0 Å². The molecule has 2 aromatic heterocycles. The van der Waals surface area contributed by atoms with E-state index in [9.17, 15) is 9.59 Å². The number of anilines is 1. The second kappa shape index (κ2) is 6.16. The molecular weight excluding hydrogens is 318 g/mol. The molecule has 0 radical (unpaired) electrons. The van der Waals surface area contributed by atoms with Crippen LogP contribution in [0.4, 0.5) is 5.82 Å². The molecule has 0 saturated heterocycles. The number of fused-ring (bicyclic) bond motifs is 1. The number of amides is 1. The smallest absolute Gasteiger partial charge is 0.275 e. The molecule has 0 unspecified atom stereocenters. The van der Waals surface area contributed by atoms with Crippen LogP contribution in [0.1, 0.15) is 32.2 Å². The van der Waals surface area contributed by atoms with Crippen molar-refractivity contribution in [3.63, 3.8) is 0 Å². The van der Waals surface area contributed by atoms with Gasteiger partial charge in [-0.25, -0.2) is 4.68 Å². The van der Waals surface area contributed by atoms with E-state index in [1.165, 1.54) is 4.68 Å². The molecule has 1 aromatic carbocycles. The number of hydrogen-bond donors (Lipinski definition) is 2. The minimum atomic E-state index is -0.351. The van der Waals surface area contributed by atoms with Crippen molar-refractivity contribution >= 4 is 22.5 Å². The molecule has 3 rings (SSSR count). The summed E-state index contributed by atoms with van der Waals surface area (Å²) in [7, 11) is 0. The lowest BCUT2D eigenvalue weighted by Crippen LogP contribution is -2.30. The van der Waals surface area contributed by atoms with Crippen LogP contribution in [0, 0.1) is 6.92 Å². The summed E-state index contributed by atoms with van der Waals surface area (Å²) in [4.78, 5) is 24.8. The zero-order valence-electron chi connectivity index (χ0n) is 14.8. The van der Waals surface area contributed by atoms with Gasteiger partial charge in [-0.1, -0.05) is 39.0 Å². The van der Waals surface area contributed by atoms with E-state index in [-0.39, 0.29) is 23.4 Å². The molecule has 0 aliphatic heterocycles. The molecule has 0 spiro atoms. The first-order valence-electron chi connectivity index (χ1n) is 8.08. The Balaban J connectivity index is 1.82. The summed E-state index contributed by atoms with van der Waals surface area (Å²) in [6, 6.07) is 9.04. The van der Waals surface area contributed by atoms with Crippen molar-refractivity contribution in [3.05, 3.63) is 52.1 Å². The molecule has 0 fully saturated rings. The van der Waals surface area contributed by atoms with E-state index in [0.29, 0.717) is 16.9 Å². The molecular formula is C18H21N5O2. The van der Waals surface area contributed by atoms with Gasteiger partial charge >= 0.3 is 0 Å². The Hall–Kier alpha value is -2.96. The lowest BCUT2D eigenvalue weighted by molar-refractivity contribution is -0.117. The quantitative estimate of drug-likeness (QED) is 0.766.